The van der Waals surface area contributed by atoms with Crippen LogP contribution < -0.4 is 0 Å². The molecular formula is C8H10BrNOS. The summed E-state index contributed by atoms with van der Waals surface area (Å²) in [6.45, 7) is 3.85. The maximum absolute atomic E-state index is 5.33. The summed E-state index contributed by atoms with van der Waals surface area (Å²) in [6, 6.07) is 0. The molecule has 0 bridgehead atoms. The van der Waals surface area contributed by atoms with Crippen LogP contribution in [0.4, 0.5) is 0 Å². The minimum atomic E-state index is 0.535. The first-order valence-corrected chi connectivity index (χ1v) is 5.59. The fourth-order valence-electron chi connectivity index (χ4n) is 1.50. The van der Waals surface area contributed by atoms with Crippen LogP contribution in [-0.2, 0) is 4.74 Å². The minimum Gasteiger partial charge on any atom is -0.381 e. The lowest BCUT2D eigenvalue weighted by Gasteiger charge is -2.03. The fraction of sp³-hybridized carbons (Fsp3) is 0.625. The van der Waals surface area contributed by atoms with Crippen LogP contribution in [0.5, 0.6) is 0 Å². The molecule has 2 nitrogen and oxygen atoms in total. The molecule has 0 amide bonds. The van der Waals surface area contributed by atoms with Crippen molar-refractivity contribution in [1.29, 1.82) is 0 Å². The van der Waals surface area contributed by atoms with Crippen molar-refractivity contribution in [3.05, 3.63) is 14.5 Å². The Morgan fingerprint density at radius 2 is 2.50 bits per heavy atom. The Hall–Kier alpha value is 0.0700. The molecule has 4 heteroatoms. The van der Waals surface area contributed by atoms with Crippen molar-refractivity contribution in [3.8, 4) is 0 Å². The van der Waals surface area contributed by atoms with Crippen LogP contribution in [0.1, 0.15) is 22.9 Å². The quantitative estimate of drug-likeness (QED) is 0.762. The van der Waals surface area contributed by atoms with Gasteiger partial charge in [-0.3, -0.25) is 0 Å². The highest BCUT2D eigenvalue weighted by Crippen LogP contribution is 2.32. The molecule has 0 radical (unpaired) electrons. The molecule has 1 saturated heterocycles. The third-order valence-electron chi connectivity index (χ3n) is 2.12. The second-order valence-electron chi connectivity index (χ2n) is 2.97. The topological polar surface area (TPSA) is 22.1 Å². The van der Waals surface area contributed by atoms with Crippen LogP contribution in [0.2, 0.25) is 0 Å². The van der Waals surface area contributed by atoms with Gasteiger partial charge in [0.2, 0.25) is 0 Å². The predicted octanol–water partition coefficient (Wildman–Crippen LogP) is 2.72. The number of aryl methyl sites for hydroxylation is 1. The molecular weight excluding hydrogens is 238 g/mol. The lowest BCUT2D eigenvalue weighted by atomic mass is 10.0. The summed E-state index contributed by atoms with van der Waals surface area (Å²) < 4.78 is 6.31. The highest BCUT2D eigenvalue weighted by molar-refractivity contribution is 9.11. The molecule has 0 aromatic carbocycles. The fourth-order valence-corrected chi connectivity index (χ4v) is 3.14. The van der Waals surface area contributed by atoms with Gasteiger partial charge in [-0.1, -0.05) is 0 Å². The van der Waals surface area contributed by atoms with E-state index in [4.69, 9.17) is 4.74 Å². The predicted molar refractivity (Wildman–Crippen MR) is 52.7 cm³/mol. The molecule has 1 atom stereocenters. The molecule has 1 aromatic rings. The van der Waals surface area contributed by atoms with Gasteiger partial charge in [0.1, 0.15) is 0 Å². The van der Waals surface area contributed by atoms with Gasteiger partial charge < -0.3 is 4.74 Å². The zero-order valence-corrected chi connectivity index (χ0v) is 9.24. The Morgan fingerprint density at radius 3 is 3.00 bits per heavy atom. The molecule has 0 N–H and O–H groups in total. The molecule has 1 unspecified atom stereocenters. The molecule has 0 saturated carbocycles. The number of ether oxygens (including phenoxy) is 1. The van der Waals surface area contributed by atoms with Gasteiger partial charge in [-0.15, -0.1) is 11.3 Å². The normalized spacial score (nSPS) is 23.3. The molecule has 2 heterocycles. The van der Waals surface area contributed by atoms with E-state index in [0.717, 1.165) is 23.6 Å². The molecule has 2 rings (SSSR count). The number of hydrogen-bond donors (Lipinski definition) is 0. The SMILES string of the molecule is Cc1sc(Br)nc1C1CCOC1. The van der Waals surface area contributed by atoms with Crippen LogP contribution in [-0.4, -0.2) is 18.2 Å². The molecule has 0 spiro atoms. The lowest BCUT2D eigenvalue weighted by molar-refractivity contribution is 0.193. The maximum Gasteiger partial charge on any atom is 0.159 e. The van der Waals surface area contributed by atoms with Crippen LogP contribution >= 0.6 is 27.3 Å². The van der Waals surface area contributed by atoms with Crippen LogP contribution in [0.15, 0.2) is 3.92 Å². The van der Waals surface area contributed by atoms with Gasteiger partial charge in [0.05, 0.1) is 12.3 Å². The third-order valence-corrected chi connectivity index (χ3v) is 3.56. The Morgan fingerprint density at radius 1 is 1.67 bits per heavy atom. The van der Waals surface area contributed by atoms with Crippen molar-refractivity contribution >= 4 is 27.3 Å². The minimum absolute atomic E-state index is 0.535. The second kappa shape index (κ2) is 3.44. The van der Waals surface area contributed by atoms with Crippen LogP contribution in [0.25, 0.3) is 0 Å². The van der Waals surface area contributed by atoms with E-state index in [1.807, 2.05) is 0 Å². The average Bonchev–Trinajstić information content (AvgIpc) is 2.58. The van der Waals surface area contributed by atoms with Gasteiger partial charge in [-0.2, -0.15) is 0 Å². The first kappa shape index (κ1) is 8.66. The lowest BCUT2D eigenvalue weighted by Crippen LogP contribution is -1.99. The van der Waals surface area contributed by atoms with Crippen molar-refractivity contribution in [2.45, 2.75) is 19.3 Å². The van der Waals surface area contributed by atoms with Crippen molar-refractivity contribution in [2.24, 2.45) is 0 Å². The third kappa shape index (κ3) is 1.56. The molecule has 1 aliphatic rings. The van der Waals surface area contributed by atoms with Crippen molar-refractivity contribution in [2.75, 3.05) is 13.2 Å². The number of aromatic nitrogens is 1. The smallest absolute Gasteiger partial charge is 0.159 e. The zero-order chi connectivity index (χ0) is 8.55. The van der Waals surface area contributed by atoms with Gasteiger partial charge in [0.15, 0.2) is 3.92 Å². The van der Waals surface area contributed by atoms with Crippen molar-refractivity contribution in [1.82, 2.24) is 4.98 Å². The van der Waals surface area contributed by atoms with Crippen LogP contribution in [0, 0.1) is 6.92 Å². The van der Waals surface area contributed by atoms with E-state index < -0.39 is 0 Å². The molecule has 1 aromatic heterocycles. The summed E-state index contributed by atoms with van der Waals surface area (Å²) in [6.07, 6.45) is 1.12. The molecule has 66 valence electrons. The maximum atomic E-state index is 5.33. The summed E-state index contributed by atoms with van der Waals surface area (Å²) in [5.74, 6) is 0.535. The molecule has 1 fully saturated rings. The van der Waals surface area contributed by atoms with Gasteiger partial charge in [0, 0.05) is 17.4 Å². The Bertz CT molecular complexity index is 281. The van der Waals surface area contributed by atoms with E-state index in [9.17, 15) is 0 Å². The van der Waals surface area contributed by atoms with E-state index in [1.165, 1.54) is 10.6 Å². The van der Waals surface area contributed by atoms with E-state index in [0.29, 0.717) is 5.92 Å². The van der Waals surface area contributed by atoms with Gasteiger partial charge >= 0.3 is 0 Å². The van der Waals surface area contributed by atoms with Crippen LogP contribution in [0.3, 0.4) is 0 Å². The van der Waals surface area contributed by atoms with Crippen molar-refractivity contribution in [3.63, 3.8) is 0 Å². The highest BCUT2D eigenvalue weighted by Gasteiger charge is 2.22. The first-order valence-electron chi connectivity index (χ1n) is 3.98. The highest BCUT2D eigenvalue weighted by atomic mass is 79.9. The number of rotatable bonds is 1. The Balaban J connectivity index is 2.25. The Kier molecular flexibility index (Phi) is 2.48. The Labute approximate surface area is 84.1 Å². The second-order valence-corrected chi connectivity index (χ2v) is 5.45. The summed E-state index contributed by atoms with van der Waals surface area (Å²) in [4.78, 5) is 5.76. The number of thiazole rings is 1. The number of halogens is 1. The summed E-state index contributed by atoms with van der Waals surface area (Å²) >= 11 is 5.10. The molecule has 0 aliphatic carbocycles. The van der Waals surface area contributed by atoms with E-state index in [-0.39, 0.29) is 0 Å². The van der Waals surface area contributed by atoms with Gasteiger partial charge in [-0.05, 0) is 29.3 Å². The number of hydrogen-bond acceptors (Lipinski definition) is 3. The number of nitrogens with zero attached hydrogens (tertiary/aromatic N) is 1. The first-order chi connectivity index (χ1) is 5.77. The summed E-state index contributed by atoms with van der Waals surface area (Å²) in [7, 11) is 0. The van der Waals surface area contributed by atoms with Gasteiger partial charge in [0.25, 0.3) is 0 Å². The van der Waals surface area contributed by atoms with Crippen molar-refractivity contribution < 1.29 is 4.74 Å². The summed E-state index contributed by atoms with van der Waals surface area (Å²) in [5.41, 5.74) is 1.23. The van der Waals surface area contributed by atoms with E-state index in [1.54, 1.807) is 11.3 Å². The van der Waals surface area contributed by atoms with Gasteiger partial charge in [-0.25, -0.2) is 4.98 Å². The molecule has 1 aliphatic heterocycles. The standard InChI is InChI=1S/C8H10BrNOS/c1-5-7(10-8(9)12-5)6-2-3-11-4-6/h6H,2-4H2,1H3. The largest absolute Gasteiger partial charge is 0.381 e. The van der Waals surface area contributed by atoms with E-state index in [2.05, 4.69) is 27.8 Å². The summed E-state index contributed by atoms with van der Waals surface area (Å²) in [5, 5.41) is 0. The zero-order valence-electron chi connectivity index (χ0n) is 6.84. The molecule has 12 heavy (non-hydrogen) atoms. The average molecular weight is 248 g/mol. The monoisotopic (exact) mass is 247 g/mol. The van der Waals surface area contributed by atoms with E-state index >= 15 is 0 Å².